The highest BCUT2D eigenvalue weighted by Crippen LogP contribution is 2.15. The Balaban J connectivity index is 1.97. The Morgan fingerprint density at radius 1 is 1.14 bits per heavy atom. The number of carbonyl (C=O) groups is 2. The number of furan rings is 1. The molecule has 2 rings (SSSR count). The predicted octanol–water partition coefficient (Wildman–Crippen LogP) is 3.28. The van der Waals surface area contributed by atoms with Gasteiger partial charge in [0.1, 0.15) is 5.76 Å². The van der Waals surface area contributed by atoms with Crippen LogP contribution >= 0.6 is 0 Å². The van der Waals surface area contributed by atoms with Gasteiger partial charge in [0.25, 0.3) is 0 Å². The van der Waals surface area contributed by atoms with Crippen molar-refractivity contribution in [2.45, 2.75) is 13.3 Å². The minimum Gasteiger partial charge on any atom is -0.465 e. The summed E-state index contributed by atoms with van der Waals surface area (Å²) in [6.45, 7) is 1.78. The summed E-state index contributed by atoms with van der Waals surface area (Å²) >= 11 is 0. The fourth-order valence-corrected chi connectivity index (χ4v) is 1.65. The first-order valence-electron chi connectivity index (χ1n) is 6.60. The maximum Gasteiger partial charge on any atom is 0.248 e. The second-order valence-corrected chi connectivity index (χ2v) is 4.32. The highest BCUT2D eigenvalue weighted by Gasteiger charge is 2.02. The molecule has 0 saturated carbocycles. The molecule has 0 radical (unpaired) electrons. The van der Waals surface area contributed by atoms with Crippen LogP contribution in [0.25, 0.3) is 6.08 Å². The minimum atomic E-state index is -0.273. The van der Waals surface area contributed by atoms with Crippen molar-refractivity contribution < 1.29 is 14.0 Å². The first-order valence-corrected chi connectivity index (χ1v) is 6.60. The number of hydrogen-bond donors (Lipinski definition) is 2. The molecule has 0 atom stereocenters. The number of rotatable bonds is 5. The molecule has 5 nitrogen and oxygen atoms in total. The third kappa shape index (κ3) is 4.65. The monoisotopic (exact) mass is 284 g/mol. The van der Waals surface area contributed by atoms with E-state index < -0.39 is 0 Å². The van der Waals surface area contributed by atoms with Gasteiger partial charge in [0.2, 0.25) is 11.8 Å². The molecule has 1 heterocycles. The van der Waals surface area contributed by atoms with E-state index in [0.717, 1.165) is 0 Å². The van der Waals surface area contributed by atoms with Gasteiger partial charge in [-0.15, -0.1) is 0 Å². The molecule has 1 aromatic heterocycles. The van der Waals surface area contributed by atoms with E-state index in [0.29, 0.717) is 23.6 Å². The zero-order chi connectivity index (χ0) is 15.1. The Kier molecular flexibility index (Phi) is 4.93. The van der Waals surface area contributed by atoms with Crippen molar-refractivity contribution in [3.63, 3.8) is 0 Å². The van der Waals surface area contributed by atoms with E-state index in [9.17, 15) is 9.59 Å². The van der Waals surface area contributed by atoms with Gasteiger partial charge in [-0.3, -0.25) is 9.59 Å². The summed E-state index contributed by atoms with van der Waals surface area (Å²) in [5, 5.41) is 5.45. The van der Waals surface area contributed by atoms with Crippen LogP contribution in [-0.2, 0) is 9.59 Å². The quantitative estimate of drug-likeness (QED) is 0.828. The molecule has 0 fully saturated rings. The molecule has 21 heavy (non-hydrogen) atoms. The SMILES string of the molecule is CCC(=O)Nc1cccc(NC(=O)/C=C/c2ccco2)c1. The lowest BCUT2D eigenvalue weighted by molar-refractivity contribution is -0.116. The van der Waals surface area contributed by atoms with E-state index in [4.69, 9.17) is 4.42 Å². The van der Waals surface area contributed by atoms with Crippen molar-refractivity contribution >= 4 is 29.3 Å². The molecule has 0 aliphatic carbocycles. The lowest BCUT2D eigenvalue weighted by Crippen LogP contribution is -2.11. The van der Waals surface area contributed by atoms with Crippen molar-refractivity contribution in [3.8, 4) is 0 Å². The molecule has 0 unspecified atom stereocenters. The molecule has 2 aromatic rings. The molecule has 2 amide bonds. The highest BCUT2D eigenvalue weighted by molar-refractivity contribution is 6.02. The normalized spacial score (nSPS) is 10.5. The average molecular weight is 284 g/mol. The molecular weight excluding hydrogens is 268 g/mol. The topological polar surface area (TPSA) is 71.3 Å². The third-order valence-corrected chi connectivity index (χ3v) is 2.68. The van der Waals surface area contributed by atoms with Gasteiger partial charge in [-0.2, -0.15) is 0 Å². The zero-order valence-electron chi connectivity index (χ0n) is 11.6. The highest BCUT2D eigenvalue weighted by atomic mass is 16.3. The van der Waals surface area contributed by atoms with Gasteiger partial charge < -0.3 is 15.1 Å². The number of nitrogens with one attached hydrogen (secondary N) is 2. The molecule has 5 heteroatoms. The maximum atomic E-state index is 11.8. The summed E-state index contributed by atoms with van der Waals surface area (Å²) in [5.74, 6) is 0.260. The molecule has 0 aliphatic heterocycles. The summed E-state index contributed by atoms with van der Waals surface area (Å²) in [6, 6.07) is 10.5. The van der Waals surface area contributed by atoms with Crippen LogP contribution in [0.4, 0.5) is 11.4 Å². The molecule has 0 aliphatic rings. The van der Waals surface area contributed by atoms with E-state index in [1.54, 1.807) is 49.4 Å². The van der Waals surface area contributed by atoms with Crippen molar-refractivity contribution in [1.82, 2.24) is 0 Å². The number of hydrogen-bond acceptors (Lipinski definition) is 3. The maximum absolute atomic E-state index is 11.8. The van der Waals surface area contributed by atoms with Crippen LogP contribution in [0.1, 0.15) is 19.1 Å². The Labute approximate surface area is 122 Å². The Bertz CT molecular complexity index is 645. The molecular formula is C16H16N2O3. The van der Waals surface area contributed by atoms with Gasteiger partial charge in [0, 0.05) is 23.9 Å². The summed E-state index contributed by atoms with van der Waals surface area (Å²) in [6.07, 6.45) is 4.91. The minimum absolute atomic E-state index is 0.0730. The summed E-state index contributed by atoms with van der Waals surface area (Å²) in [5.41, 5.74) is 1.26. The fourth-order valence-electron chi connectivity index (χ4n) is 1.65. The molecule has 108 valence electrons. The van der Waals surface area contributed by atoms with E-state index in [1.807, 2.05) is 0 Å². The zero-order valence-corrected chi connectivity index (χ0v) is 11.6. The second-order valence-electron chi connectivity index (χ2n) is 4.32. The van der Waals surface area contributed by atoms with Crippen LogP contribution in [0.15, 0.2) is 53.2 Å². The van der Waals surface area contributed by atoms with Gasteiger partial charge in [-0.05, 0) is 36.4 Å². The van der Waals surface area contributed by atoms with Crippen LogP contribution < -0.4 is 10.6 Å². The van der Waals surface area contributed by atoms with Gasteiger partial charge in [0.15, 0.2) is 0 Å². The number of amides is 2. The van der Waals surface area contributed by atoms with Crippen LogP contribution in [-0.4, -0.2) is 11.8 Å². The summed E-state index contributed by atoms with van der Waals surface area (Å²) in [7, 11) is 0. The smallest absolute Gasteiger partial charge is 0.248 e. The van der Waals surface area contributed by atoms with Crippen molar-refractivity contribution in [1.29, 1.82) is 0 Å². The van der Waals surface area contributed by atoms with Crippen molar-refractivity contribution in [3.05, 3.63) is 54.5 Å². The Morgan fingerprint density at radius 3 is 2.57 bits per heavy atom. The van der Waals surface area contributed by atoms with Crippen LogP contribution in [0, 0.1) is 0 Å². The van der Waals surface area contributed by atoms with E-state index in [2.05, 4.69) is 10.6 Å². The van der Waals surface area contributed by atoms with E-state index >= 15 is 0 Å². The summed E-state index contributed by atoms with van der Waals surface area (Å²) < 4.78 is 5.10. The van der Waals surface area contributed by atoms with Crippen molar-refractivity contribution in [2.75, 3.05) is 10.6 Å². The lowest BCUT2D eigenvalue weighted by atomic mass is 10.2. The van der Waals surface area contributed by atoms with Gasteiger partial charge >= 0.3 is 0 Å². The van der Waals surface area contributed by atoms with E-state index in [1.165, 1.54) is 12.3 Å². The second kappa shape index (κ2) is 7.09. The first kappa shape index (κ1) is 14.6. The molecule has 2 N–H and O–H groups in total. The van der Waals surface area contributed by atoms with Crippen LogP contribution in [0.5, 0.6) is 0 Å². The first-order chi connectivity index (χ1) is 10.2. The third-order valence-electron chi connectivity index (χ3n) is 2.68. The van der Waals surface area contributed by atoms with E-state index in [-0.39, 0.29) is 11.8 Å². The number of benzene rings is 1. The van der Waals surface area contributed by atoms with Gasteiger partial charge in [-0.25, -0.2) is 0 Å². The molecule has 1 aromatic carbocycles. The number of anilines is 2. The standard InChI is InChI=1S/C16H16N2O3/c1-2-15(19)17-12-5-3-6-13(11-12)18-16(20)9-8-14-7-4-10-21-14/h3-11H,2H2,1H3,(H,17,19)(H,18,20)/b9-8+. The lowest BCUT2D eigenvalue weighted by Gasteiger charge is -2.06. The average Bonchev–Trinajstić information content (AvgIpc) is 2.98. The van der Waals surface area contributed by atoms with Crippen LogP contribution in [0.2, 0.25) is 0 Å². The number of carbonyl (C=O) groups excluding carboxylic acids is 2. The molecule has 0 spiro atoms. The van der Waals surface area contributed by atoms with Gasteiger partial charge in [0.05, 0.1) is 6.26 Å². The van der Waals surface area contributed by atoms with Crippen molar-refractivity contribution in [2.24, 2.45) is 0 Å². The Hall–Kier alpha value is -2.82. The Morgan fingerprint density at radius 2 is 1.90 bits per heavy atom. The predicted molar refractivity (Wildman–Crippen MR) is 81.7 cm³/mol. The van der Waals surface area contributed by atoms with Gasteiger partial charge in [-0.1, -0.05) is 13.0 Å². The molecule has 0 bridgehead atoms. The summed E-state index contributed by atoms with van der Waals surface area (Å²) in [4.78, 5) is 23.1. The largest absolute Gasteiger partial charge is 0.465 e. The molecule has 0 saturated heterocycles. The fraction of sp³-hybridized carbons (Fsp3) is 0.125. The van der Waals surface area contributed by atoms with Crippen LogP contribution in [0.3, 0.4) is 0 Å².